The lowest BCUT2D eigenvalue weighted by Crippen LogP contribution is -2.27. The molecule has 25 heavy (non-hydrogen) atoms. The number of aliphatic carboxylic acids is 1. The lowest BCUT2D eigenvalue weighted by Gasteiger charge is -2.21. The van der Waals surface area contributed by atoms with E-state index in [1.165, 1.54) is 5.01 Å². The summed E-state index contributed by atoms with van der Waals surface area (Å²) < 4.78 is 0. The van der Waals surface area contributed by atoms with Gasteiger partial charge in [-0.05, 0) is 11.6 Å². The first kappa shape index (κ1) is 17.2. The normalized spacial score (nSPS) is 16.6. The molecule has 0 saturated carbocycles. The van der Waals surface area contributed by atoms with Crippen LogP contribution < -0.4 is 0 Å². The van der Waals surface area contributed by atoms with Gasteiger partial charge in [0.05, 0.1) is 18.2 Å². The predicted octanol–water partition coefficient (Wildman–Crippen LogP) is 3.88. The zero-order valence-electron chi connectivity index (χ0n) is 13.4. The number of halogens is 1. The Balaban J connectivity index is 1.92. The molecule has 0 aromatic heterocycles. The Hall–Kier alpha value is -2.66. The Morgan fingerprint density at radius 2 is 1.76 bits per heavy atom. The van der Waals surface area contributed by atoms with Gasteiger partial charge in [0.25, 0.3) is 0 Å². The maximum atomic E-state index is 12.5. The number of amides is 1. The molecule has 6 heteroatoms. The van der Waals surface area contributed by atoms with Crippen molar-refractivity contribution in [2.45, 2.75) is 25.3 Å². The third-order valence-electron chi connectivity index (χ3n) is 4.09. The van der Waals surface area contributed by atoms with E-state index >= 15 is 0 Å². The van der Waals surface area contributed by atoms with Crippen LogP contribution >= 0.6 is 11.6 Å². The van der Waals surface area contributed by atoms with E-state index in [0.29, 0.717) is 11.4 Å². The van der Waals surface area contributed by atoms with Gasteiger partial charge in [-0.3, -0.25) is 9.59 Å². The molecular formula is C19H17ClN2O3. The van der Waals surface area contributed by atoms with Crippen LogP contribution in [0.1, 0.15) is 36.4 Å². The second kappa shape index (κ2) is 7.49. The fraction of sp³-hybridized carbons (Fsp3) is 0.211. The number of hydrogen-bond acceptors (Lipinski definition) is 3. The van der Waals surface area contributed by atoms with Gasteiger partial charge in [-0.15, -0.1) is 0 Å². The number of benzene rings is 2. The molecule has 0 unspecified atom stereocenters. The van der Waals surface area contributed by atoms with Gasteiger partial charge in [0, 0.05) is 23.4 Å². The first-order valence-electron chi connectivity index (χ1n) is 7.97. The van der Waals surface area contributed by atoms with Crippen molar-refractivity contribution in [1.29, 1.82) is 0 Å². The molecule has 1 aliphatic rings. The van der Waals surface area contributed by atoms with E-state index in [2.05, 4.69) is 5.10 Å². The molecule has 1 aliphatic heterocycles. The summed E-state index contributed by atoms with van der Waals surface area (Å²) in [6.45, 7) is 0. The van der Waals surface area contributed by atoms with Crippen LogP contribution in [-0.4, -0.2) is 27.7 Å². The van der Waals surface area contributed by atoms with Crippen LogP contribution in [0.5, 0.6) is 0 Å². The smallest absolute Gasteiger partial charge is 0.303 e. The van der Waals surface area contributed by atoms with E-state index in [9.17, 15) is 9.59 Å². The van der Waals surface area contributed by atoms with E-state index in [4.69, 9.17) is 16.7 Å². The quantitative estimate of drug-likeness (QED) is 0.883. The Labute approximate surface area is 150 Å². The molecule has 1 atom stereocenters. The lowest BCUT2D eigenvalue weighted by molar-refractivity contribution is -0.141. The van der Waals surface area contributed by atoms with Gasteiger partial charge in [0.15, 0.2) is 0 Å². The highest BCUT2D eigenvalue weighted by atomic mass is 35.5. The molecule has 0 bridgehead atoms. The van der Waals surface area contributed by atoms with Gasteiger partial charge < -0.3 is 5.11 Å². The van der Waals surface area contributed by atoms with E-state index in [1.807, 2.05) is 48.5 Å². The first-order valence-corrected chi connectivity index (χ1v) is 8.35. The second-order valence-electron chi connectivity index (χ2n) is 5.79. The summed E-state index contributed by atoms with van der Waals surface area (Å²) in [5.74, 6) is -1.31. The van der Waals surface area contributed by atoms with Crippen molar-refractivity contribution in [3.8, 4) is 0 Å². The van der Waals surface area contributed by atoms with Crippen LogP contribution in [0, 0.1) is 0 Å². The third-order valence-corrected chi connectivity index (χ3v) is 4.42. The summed E-state index contributed by atoms with van der Waals surface area (Å²) in [5, 5.41) is 15.3. The summed E-state index contributed by atoms with van der Waals surface area (Å²) in [6, 6.07) is 16.7. The maximum Gasteiger partial charge on any atom is 0.303 e. The second-order valence-corrected chi connectivity index (χ2v) is 6.20. The minimum absolute atomic E-state index is 0.0853. The molecule has 5 nitrogen and oxygen atoms in total. The molecule has 1 heterocycles. The topological polar surface area (TPSA) is 70.0 Å². The van der Waals surface area contributed by atoms with Crippen LogP contribution in [-0.2, 0) is 9.59 Å². The molecular weight excluding hydrogens is 340 g/mol. The average Bonchev–Trinajstić information content (AvgIpc) is 3.06. The van der Waals surface area contributed by atoms with Gasteiger partial charge in [-0.1, -0.05) is 60.1 Å². The zero-order chi connectivity index (χ0) is 17.8. The number of carbonyl (C=O) groups is 2. The molecule has 2 aromatic carbocycles. The van der Waals surface area contributed by atoms with Crippen molar-refractivity contribution in [3.63, 3.8) is 0 Å². The molecule has 3 rings (SSSR count). The van der Waals surface area contributed by atoms with E-state index < -0.39 is 5.97 Å². The van der Waals surface area contributed by atoms with Gasteiger partial charge in [0.1, 0.15) is 0 Å². The number of carboxylic acid groups (broad SMARTS) is 1. The fourth-order valence-corrected chi connectivity index (χ4v) is 3.11. The van der Waals surface area contributed by atoms with Crippen molar-refractivity contribution in [2.24, 2.45) is 5.10 Å². The molecule has 0 fully saturated rings. The van der Waals surface area contributed by atoms with Crippen molar-refractivity contribution in [3.05, 3.63) is 70.7 Å². The van der Waals surface area contributed by atoms with Crippen molar-refractivity contribution in [2.75, 3.05) is 0 Å². The largest absolute Gasteiger partial charge is 0.481 e. The molecule has 128 valence electrons. The Morgan fingerprint density at radius 3 is 2.44 bits per heavy atom. The Morgan fingerprint density at radius 1 is 1.08 bits per heavy atom. The van der Waals surface area contributed by atoms with Gasteiger partial charge >= 0.3 is 5.97 Å². The summed E-state index contributed by atoms with van der Waals surface area (Å²) in [4.78, 5) is 23.3. The van der Waals surface area contributed by atoms with E-state index in [0.717, 1.165) is 16.8 Å². The van der Waals surface area contributed by atoms with E-state index in [1.54, 1.807) is 6.07 Å². The van der Waals surface area contributed by atoms with E-state index in [-0.39, 0.29) is 24.8 Å². The van der Waals surface area contributed by atoms with Gasteiger partial charge in [0.2, 0.25) is 5.91 Å². The molecule has 2 aromatic rings. The fourth-order valence-electron chi connectivity index (χ4n) is 2.86. The predicted molar refractivity (Wildman–Crippen MR) is 95.5 cm³/mol. The summed E-state index contributed by atoms with van der Waals surface area (Å²) in [7, 11) is 0. The maximum absolute atomic E-state index is 12.5. The zero-order valence-corrected chi connectivity index (χ0v) is 14.2. The van der Waals surface area contributed by atoms with Crippen LogP contribution in [0.25, 0.3) is 0 Å². The number of nitrogens with zero attached hydrogens (tertiary/aromatic N) is 2. The summed E-state index contributed by atoms with van der Waals surface area (Å²) in [6.07, 6.45) is 0.234. The van der Waals surface area contributed by atoms with Gasteiger partial charge in [-0.2, -0.15) is 5.10 Å². The standard InChI is InChI=1S/C19H17ClN2O3/c20-15-9-5-4-8-14(15)16-12-17(13-6-2-1-3-7-13)22(21-16)18(23)10-11-19(24)25/h1-9,17H,10-12H2,(H,24,25)/t17-/m1/s1. The van der Waals surface area contributed by atoms with Crippen LogP contribution in [0.4, 0.5) is 0 Å². The molecule has 0 aliphatic carbocycles. The van der Waals surface area contributed by atoms with Crippen LogP contribution in [0.15, 0.2) is 59.7 Å². The van der Waals surface area contributed by atoms with Crippen LogP contribution in [0.2, 0.25) is 5.02 Å². The van der Waals surface area contributed by atoms with Crippen molar-refractivity contribution < 1.29 is 14.7 Å². The van der Waals surface area contributed by atoms with Crippen LogP contribution in [0.3, 0.4) is 0 Å². The number of carbonyl (C=O) groups excluding carboxylic acids is 1. The number of carboxylic acids is 1. The monoisotopic (exact) mass is 356 g/mol. The minimum Gasteiger partial charge on any atom is -0.481 e. The van der Waals surface area contributed by atoms with Crippen molar-refractivity contribution >= 4 is 29.2 Å². The highest BCUT2D eigenvalue weighted by Crippen LogP contribution is 2.34. The SMILES string of the molecule is O=C(O)CCC(=O)N1N=C(c2ccccc2Cl)C[C@@H]1c1ccccc1. The molecule has 1 amide bonds. The first-order chi connectivity index (χ1) is 12.1. The lowest BCUT2D eigenvalue weighted by atomic mass is 9.98. The minimum atomic E-state index is -1.00. The highest BCUT2D eigenvalue weighted by molar-refractivity contribution is 6.34. The number of rotatable bonds is 5. The number of hydrazone groups is 1. The average molecular weight is 357 g/mol. The van der Waals surface area contributed by atoms with Gasteiger partial charge in [-0.25, -0.2) is 5.01 Å². The summed E-state index contributed by atoms with van der Waals surface area (Å²) in [5.41, 5.74) is 2.47. The molecule has 0 radical (unpaired) electrons. The highest BCUT2D eigenvalue weighted by Gasteiger charge is 2.33. The summed E-state index contributed by atoms with van der Waals surface area (Å²) >= 11 is 6.27. The third kappa shape index (κ3) is 3.88. The molecule has 1 N–H and O–H groups in total. The Bertz CT molecular complexity index is 820. The molecule has 0 saturated heterocycles. The Kier molecular flexibility index (Phi) is 5.14. The molecule has 0 spiro atoms. The number of hydrogen-bond donors (Lipinski definition) is 1. The van der Waals surface area contributed by atoms with Crippen molar-refractivity contribution in [1.82, 2.24) is 5.01 Å².